The van der Waals surface area contributed by atoms with Gasteiger partial charge >= 0.3 is 0 Å². The summed E-state index contributed by atoms with van der Waals surface area (Å²) < 4.78 is 6.41. The molecule has 0 spiro atoms. The highest BCUT2D eigenvalue weighted by atomic mass is 79.9. The third-order valence-corrected chi connectivity index (χ3v) is 6.96. The lowest BCUT2D eigenvalue weighted by Gasteiger charge is -2.42. The van der Waals surface area contributed by atoms with E-state index in [0.29, 0.717) is 23.9 Å². The number of rotatable bonds is 3. The Morgan fingerprint density at radius 3 is 2.79 bits per heavy atom. The number of hydrogen-bond donors (Lipinski definition) is 0. The molecule has 0 unspecified atom stereocenters. The number of thioether (sulfide) groups is 1. The Hall–Kier alpha value is -2.43. The van der Waals surface area contributed by atoms with Crippen molar-refractivity contribution in [2.75, 3.05) is 24.6 Å². The summed E-state index contributed by atoms with van der Waals surface area (Å²) in [5.74, 6) is 1.10. The van der Waals surface area contributed by atoms with Crippen LogP contribution < -0.4 is 9.64 Å². The summed E-state index contributed by atoms with van der Waals surface area (Å²) in [6.45, 7) is 2.53. The lowest BCUT2D eigenvalue weighted by atomic mass is 9.86. The SMILES string of the molecule is COc1ccc(Br)cc1[C@H]1CC(=O)N2CN(c3ccccc3C)CSC2=C1C#N. The van der Waals surface area contributed by atoms with Crippen LogP contribution in [-0.2, 0) is 4.79 Å². The highest BCUT2D eigenvalue weighted by Crippen LogP contribution is 2.45. The van der Waals surface area contributed by atoms with Crippen LogP contribution in [0.15, 0.2) is 57.5 Å². The highest BCUT2D eigenvalue weighted by molar-refractivity contribution is 9.10. The second-order valence-electron chi connectivity index (χ2n) is 7.04. The normalized spacial score (nSPS) is 19.1. The van der Waals surface area contributed by atoms with E-state index in [9.17, 15) is 10.1 Å². The van der Waals surface area contributed by atoms with Crippen LogP contribution in [-0.4, -0.2) is 30.5 Å². The number of hydrogen-bond acceptors (Lipinski definition) is 5. The molecule has 0 N–H and O–H groups in total. The summed E-state index contributed by atoms with van der Waals surface area (Å²) in [5, 5.41) is 10.7. The van der Waals surface area contributed by atoms with Gasteiger partial charge in [0.25, 0.3) is 0 Å². The molecule has 2 aromatic rings. The largest absolute Gasteiger partial charge is 0.496 e. The zero-order chi connectivity index (χ0) is 20.5. The third-order valence-electron chi connectivity index (χ3n) is 5.32. The van der Waals surface area contributed by atoms with E-state index in [0.717, 1.165) is 20.8 Å². The Morgan fingerprint density at radius 2 is 2.07 bits per heavy atom. The Labute approximate surface area is 183 Å². The van der Waals surface area contributed by atoms with E-state index >= 15 is 0 Å². The number of amides is 1. The Kier molecular flexibility index (Phi) is 5.57. The van der Waals surface area contributed by atoms with E-state index in [4.69, 9.17) is 4.74 Å². The molecule has 2 aromatic carbocycles. The fourth-order valence-corrected chi connectivity index (χ4v) is 5.41. The van der Waals surface area contributed by atoms with E-state index in [2.05, 4.69) is 46.0 Å². The molecule has 4 rings (SSSR count). The standard InChI is InChI=1S/C22H20BrN3O2S/c1-14-5-3-4-6-19(14)25-12-26-21(27)10-16(18(11-24)22(26)29-13-25)17-9-15(23)7-8-20(17)28-2/h3-9,16H,10,12-13H2,1-2H3/t16-/m1/s1. The lowest BCUT2D eigenvalue weighted by Crippen LogP contribution is -2.47. The predicted molar refractivity (Wildman–Crippen MR) is 119 cm³/mol. The number of nitriles is 1. The molecule has 0 saturated carbocycles. The average Bonchev–Trinajstić information content (AvgIpc) is 2.74. The maximum absolute atomic E-state index is 13.1. The zero-order valence-corrected chi connectivity index (χ0v) is 18.6. The summed E-state index contributed by atoms with van der Waals surface area (Å²) >= 11 is 5.04. The Balaban J connectivity index is 1.72. The summed E-state index contributed by atoms with van der Waals surface area (Å²) in [4.78, 5) is 17.0. The molecule has 2 aliphatic rings. The second kappa shape index (κ2) is 8.13. The van der Waals surface area contributed by atoms with Crippen LogP contribution in [0.25, 0.3) is 0 Å². The van der Waals surface area contributed by atoms with Crippen LogP contribution >= 0.6 is 27.7 Å². The van der Waals surface area contributed by atoms with Crippen molar-refractivity contribution >= 4 is 39.3 Å². The van der Waals surface area contributed by atoms with E-state index in [-0.39, 0.29) is 18.2 Å². The summed E-state index contributed by atoms with van der Waals surface area (Å²) in [7, 11) is 1.61. The van der Waals surface area contributed by atoms with Crippen molar-refractivity contribution in [3.63, 3.8) is 0 Å². The molecule has 1 saturated heterocycles. The molecule has 0 aliphatic carbocycles. The number of carbonyl (C=O) groups is 1. The van der Waals surface area contributed by atoms with Gasteiger partial charge in [0.2, 0.25) is 5.91 Å². The number of ether oxygens (including phenoxy) is 1. The number of anilines is 1. The molecule has 5 nitrogen and oxygen atoms in total. The minimum absolute atomic E-state index is 0.0248. The van der Waals surface area contributed by atoms with Crippen LogP contribution in [0.1, 0.15) is 23.5 Å². The van der Waals surface area contributed by atoms with E-state index in [1.807, 2.05) is 30.3 Å². The van der Waals surface area contributed by atoms with Crippen molar-refractivity contribution in [2.45, 2.75) is 19.3 Å². The molecule has 7 heteroatoms. The number of nitrogens with zero attached hydrogens (tertiary/aromatic N) is 3. The van der Waals surface area contributed by atoms with Gasteiger partial charge in [-0.2, -0.15) is 5.26 Å². The minimum Gasteiger partial charge on any atom is -0.496 e. The van der Waals surface area contributed by atoms with Crippen molar-refractivity contribution in [1.29, 1.82) is 5.26 Å². The molecule has 0 radical (unpaired) electrons. The molecule has 2 aliphatic heterocycles. The first-order valence-corrected chi connectivity index (χ1v) is 11.0. The first kappa shape index (κ1) is 19.9. The first-order chi connectivity index (χ1) is 14.0. The van der Waals surface area contributed by atoms with Crippen molar-refractivity contribution in [2.24, 2.45) is 0 Å². The molecule has 29 heavy (non-hydrogen) atoms. The molecule has 148 valence electrons. The lowest BCUT2D eigenvalue weighted by molar-refractivity contribution is -0.129. The maximum Gasteiger partial charge on any atom is 0.229 e. The number of carbonyl (C=O) groups excluding carboxylic acids is 1. The first-order valence-electron chi connectivity index (χ1n) is 9.25. The number of halogens is 1. The van der Waals surface area contributed by atoms with Gasteiger partial charge in [0.1, 0.15) is 5.75 Å². The van der Waals surface area contributed by atoms with Crippen LogP contribution in [0.4, 0.5) is 5.69 Å². The molecular formula is C22H20BrN3O2S. The van der Waals surface area contributed by atoms with Gasteiger partial charge in [-0.1, -0.05) is 45.9 Å². The van der Waals surface area contributed by atoms with E-state index in [1.165, 1.54) is 5.56 Å². The fraction of sp³-hybridized carbons (Fsp3) is 0.273. The molecule has 1 fully saturated rings. The number of para-hydroxylation sites is 1. The number of fused-ring (bicyclic) bond motifs is 1. The predicted octanol–water partition coefficient (Wildman–Crippen LogP) is 4.99. The molecule has 0 bridgehead atoms. The highest BCUT2D eigenvalue weighted by Gasteiger charge is 2.39. The topological polar surface area (TPSA) is 56.6 Å². The van der Waals surface area contributed by atoms with Crippen LogP contribution in [0.3, 0.4) is 0 Å². The average molecular weight is 470 g/mol. The smallest absolute Gasteiger partial charge is 0.229 e. The van der Waals surface area contributed by atoms with Gasteiger partial charge < -0.3 is 9.64 Å². The molecule has 1 amide bonds. The van der Waals surface area contributed by atoms with E-state index < -0.39 is 0 Å². The van der Waals surface area contributed by atoms with Gasteiger partial charge in [-0.3, -0.25) is 9.69 Å². The van der Waals surface area contributed by atoms with Crippen molar-refractivity contribution < 1.29 is 9.53 Å². The van der Waals surface area contributed by atoms with Crippen LogP contribution in [0.5, 0.6) is 5.75 Å². The molecular weight excluding hydrogens is 450 g/mol. The van der Waals surface area contributed by atoms with Crippen LogP contribution in [0.2, 0.25) is 0 Å². The van der Waals surface area contributed by atoms with Gasteiger partial charge in [-0.25, -0.2) is 0 Å². The Bertz CT molecular complexity index is 1050. The van der Waals surface area contributed by atoms with Crippen molar-refractivity contribution in [3.8, 4) is 11.8 Å². The van der Waals surface area contributed by atoms with E-state index in [1.54, 1.807) is 23.8 Å². The fourth-order valence-electron chi connectivity index (χ4n) is 3.88. The molecule has 1 atom stereocenters. The van der Waals surface area contributed by atoms with Gasteiger partial charge in [0.05, 0.1) is 36.3 Å². The molecule has 0 aromatic heterocycles. The van der Waals surface area contributed by atoms with Crippen molar-refractivity contribution in [3.05, 3.63) is 68.7 Å². The molecule has 2 heterocycles. The maximum atomic E-state index is 13.1. The summed E-state index contributed by atoms with van der Waals surface area (Å²) in [6.07, 6.45) is 0.251. The number of allylic oxidation sites excluding steroid dienone is 1. The monoisotopic (exact) mass is 469 g/mol. The Morgan fingerprint density at radius 1 is 1.28 bits per heavy atom. The van der Waals surface area contributed by atoms with Crippen molar-refractivity contribution in [1.82, 2.24) is 4.90 Å². The summed E-state index contributed by atoms with van der Waals surface area (Å²) in [5.41, 5.74) is 3.78. The number of aryl methyl sites for hydroxylation is 1. The number of benzene rings is 2. The number of methoxy groups -OCH3 is 1. The zero-order valence-electron chi connectivity index (χ0n) is 16.2. The van der Waals surface area contributed by atoms with Gasteiger partial charge in [-0.05, 0) is 36.8 Å². The van der Waals surface area contributed by atoms with Gasteiger partial charge in [0, 0.05) is 28.1 Å². The van der Waals surface area contributed by atoms with Gasteiger partial charge in [-0.15, -0.1) is 0 Å². The van der Waals surface area contributed by atoms with Gasteiger partial charge in [0.15, 0.2) is 0 Å². The quantitative estimate of drug-likeness (QED) is 0.633. The summed E-state index contributed by atoms with van der Waals surface area (Å²) in [6, 6.07) is 16.2. The second-order valence-corrected chi connectivity index (χ2v) is 8.89. The van der Waals surface area contributed by atoms with Crippen LogP contribution in [0, 0.1) is 18.3 Å². The third kappa shape index (κ3) is 3.63. The minimum atomic E-state index is -0.302.